The molecule has 1 nitrogen and oxygen atoms in total. The Labute approximate surface area is 237 Å². The number of thiophene rings is 1. The number of aryl methyl sites for hydroxylation is 2. The van der Waals surface area contributed by atoms with E-state index >= 15 is 0 Å². The summed E-state index contributed by atoms with van der Waals surface area (Å²) < 4.78 is 5.12. The van der Waals surface area contributed by atoms with Crippen molar-refractivity contribution in [1.82, 2.24) is 4.57 Å². The van der Waals surface area contributed by atoms with E-state index in [-0.39, 0.29) is 0 Å². The second-order valence-electron chi connectivity index (χ2n) is 10.8. The summed E-state index contributed by atoms with van der Waals surface area (Å²) in [5.41, 5.74) is 11.2. The number of nitrogens with zero attached hydrogens (tertiary/aromatic N) is 1. The molecule has 8 rings (SSSR count). The average molecular weight is 530 g/mol. The highest BCUT2D eigenvalue weighted by atomic mass is 32.1. The third-order valence-corrected chi connectivity index (χ3v) is 9.36. The van der Waals surface area contributed by atoms with E-state index in [1.54, 1.807) is 0 Å². The number of hydrogen-bond acceptors (Lipinski definition) is 1. The molecule has 0 unspecified atom stereocenters. The Morgan fingerprint density at radius 2 is 1.05 bits per heavy atom. The molecule has 40 heavy (non-hydrogen) atoms. The molecule has 0 bridgehead atoms. The average Bonchev–Trinajstić information content (AvgIpc) is 3.52. The van der Waals surface area contributed by atoms with Gasteiger partial charge in [0.2, 0.25) is 0 Å². The van der Waals surface area contributed by atoms with Crippen LogP contribution in [-0.2, 0) is 0 Å². The molecule has 2 heteroatoms. The van der Waals surface area contributed by atoms with Crippen LogP contribution in [-0.4, -0.2) is 4.57 Å². The zero-order valence-electron chi connectivity index (χ0n) is 22.5. The van der Waals surface area contributed by atoms with Crippen molar-refractivity contribution < 1.29 is 0 Å². The minimum absolute atomic E-state index is 1.23. The molecule has 190 valence electrons. The zero-order valence-corrected chi connectivity index (χ0v) is 23.3. The number of hydrogen-bond donors (Lipinski definition) is 0. The Balaban J connectivity index is 1.23. The van der Waals surface area contributed by atoms with Gasteiger partial charge in [-0.25, -0.2) is 0 Å². The van der Waals surface area contributed by atoms with Gasteiger partial charge in [0.05, 0.1) is 11.0 Å². The lowest BCUT2D eigenvalue weighted by Gasteiger charge is -2.12. The van der Waals surface area contributed by atoms with Crippen LogP contribution in [0, 0.1) is 13.8 Å². The molecule has 2 heterocycles. The van der Waals surface area contributed by atoms with Gasteiger partial charge in [0.1, 0.15) is 0 Å². The number of fused-ring (bicyclic) bond motifs is 6. The second-order valence-corrected chi connectivity index (χ2v) is 11.8. The summed E-state index contributed by atoms with van der Waals surface area (Å²) in [6, 6.07) is 47.0. The van der Waals surface area contributed by atoms with Gasteiger partial charge in [0.15, 0.2) is 0 Å². The van der Waals surface area contributed by atoms with Gasteiger partial charge in [-0.1, -0.05) is 90.5 Å². The van der Waals surface area contributed by atoms with Crippen LogP contribution in [0.5, 0.6) is 0 Å². The van der Waals surface area contributed by atoms with Crippen LogP contribution in [0.15, 0.2) is 127 Å². The minimum Gasteiger partial charge on any atom is -0.309 e. The highest BCUT2D eigenvalue weighted by molar-refractivity contribution is 7.25. The monoisotopic (exact) mass is 529 g/mol. The van der Waals surface area contributed by atoms with Crippen molar-refractivity contribution in [3.63, 3.8) is 0 Å². The summed E-state index contributed by atoms with van der Waals surface area (Å²) in [6.45, 7) is 4.36. The van der Waals surface area contributed by atoms with Crippen molar-refractivity contribution in [2.45, 2.75) is 13.8 Å². The van der Waals surface area contributed by atoms with Gasteiger partial charge in [0, 0.05) is 36.6 Å². The Morgan fingerprint density at radius 1 is 0.450 bits per heavy atom. The highest BCUT2D eigenvalue weighted by Crippen LogP contribution is 2.38. The Morgan fingerprint density at radius 3 is 1.85 bits per heavy atom. The predicted molar refractivity (Wildman–Crippen MR) is 174 cm³/mol. The summed E-state index contributed by atoms with van der Waals surface area (Å²) in [4.78, 5) is 0. The second kappa shape index (κ2) is 8.94. The summed E-state index contributed by atoms with van der Waals surface area (Å²) in [5, 5.41) is 5.27. The number of benzene rings is 6. The maximum absolute atomic E-state index is 2.42. The molecule has 0 aliphatic heterocycles. The number of rotatable bonds is 3. The van der Waals surface area contributed by atoms with Crippen molar-refractivity contribution in [3.8, 4) is 27.9 Å². The molecule has 0 amide bonds. The van der Waals surface area contributed by atoms with E-state index in [0.717, 1.165) is 0 Å². The van der Waals surface area contributed by atoms with E-state index in [0.29, 0.717) is 0 Å². The van der Waals surface area contributed by atoms with E-state index in [1.807, 2.05) is 11.3 Å². The van der Waals surface area contributed by atoms with Gasteiger partial charge in [-0.3, -0.25) is 0 Å². The molecule has 0 saturated carbocycles. The van der Waals surface area contributed by atoms with Gasteiger partial charge < -0.3 is 4.57 Å². The standard InChI is InChI=1S/C38H27NS/c1-24-11-19-37-32(21-24)33-22-28(17-20-38(33)40-37)26-12-14-27(15-13-26)29-16-18-31-30-8-4-6-10-35(30)39(36(31)23-29)34-9-5-3-7-25(34)2/h3-23H,1-2H3. The number of para-hydroxylation sites is 2. The molecule has 0 aliphatic carbocycles. The van der Waals surface area contributed by atoms with E-state index in [1.165, 1.54) is 81.0 Å². The molecule has 0 saturated heterocycles. The lowest BCUT2D eigenvalue weighted by Crippen LogP contribution is -1.96. The normalized spacial score (nSPS) is 11.8. The van der Waals surface area contributed by atoms with Gasteiger partial charge in [0.25, 0.3) is 0 Å². The molecule has 0 spiro atoms. The Bertz CT molecular complexity index is 2230. The fourth-order valence-corrected chi connectivity index (χ4v) is 7.22. The van der Waals surface area contributed by atoms with E-state index < -0.39 is 0 Å². The Kier molecular flexibility index (Phi) is 5.20. The van der Waals surface area contributed by atoms with E-state index in [4.69, 9.17) is 0 Å². The molecular formula is C38H27NS. The maximum Gasteiger partial charge on any atom is 0.0547 e. The first-order chi connectivity index (χ1) is 19.6. The first-order valence-electron chi connectivity index (χ1n) is 13.8. The van der Waals surface area contributed by atoms with Crippen LogP contribution >= 0.6 is 11.3 Å². The van der Waals surface area contributed by atoms with Crippen molar-refractivity contribution in [2.75, 3.05) is 0 Å². The molecule has 0 fully saturated rings. The van der Waals surface area contributed by atoms with Crippen LogP contribution in [0.4, 0.5) is 0 Å². The van der Waals surface area contributed by atoms with E-state index in [9.17, 15) is 0 Å². The van der Waals surface area contributed by atoms with Gasteiger partial charge in [-0.15, -0.1) is 11.3 Å². The summed E-state index contributed by atoms with van der Waals surface area (Å²) in [5.74, 6) is 0. The minimum atomic E-state index is 1.23. The Hall–Kier alpha value is -4.66. The molecule has 0 radical (unpaired) electrons. The lowest BCUT2D eigenvalue weighted by atomic mass is 9.98. The number of aromatic nitrogens is 1. The first-order valence-corrected chi connectivity index (χ1v) is 14.6. The largest absolute Gasteiger partial charge is 0.309 e. The van der Waals surface area contributed by atoms with Crippen molar-refractivity contribution >= 4 is 53.3 Å². The molecule has 0 atom stereocenters. The summed E-state index contributed by atoms with van der Waals surface area (Å²) >= 11 is 1.87. The molecule has 0 N–H and O–H groups in total. The fraction of sp³-hybridized carbons (Fsp3) is 0.0526. The first kappa shape index (κ1) is 23.2. The van der Waals surface area contributed by atoms with Crippen molar-refractivity contribution in [1.29, 1.82) is 0 Å². The molecule has 0 aliphatic rings. The zero-order chi connectivity index (χ0) is 26.8. The fourth-order valence-electron chi connectivity index (χ4n) is 6.15. The lowest BCUT2D eigenvalue weighted by molar-refractivity contribution is 1.15. The van der Waals surface area contributed by atoms with Crippen LogP contribution in [0.3, 0.4) is 0 Å². The SMILES string of the molecule is Cc1ccc2sc3ccc(-c4ccc(-c5ccc6c7ccccc7n(-c7ccccc7C)c6c5)cc4)cc3c2c1. The molecular weight excluding hydrogens is 502 g/mol. The van der Waals surface area contributed by atoms with Crippen LogP contribution in [0.25, 0.3) is 69.9 Å². The van der Waals surface area contributed by atoms with Gasteiger partial charge in [-0.2, -0.15) is 0 Å². The third-order valence-electron chi connectivity index (χ3n) is 8.21. The topological polar surface area (TPSA) is 4.93 Å². The summed E-state index contributed by atoms with van der Waals surface area (Å²) in [7, 11) is 0. The smallest absolute Gasteiger partial charge is 0.0547 e. The van der Waals surface area contributed by atoms with Crippen LogP contribution in [0.1, 0.15) is 11.1 Å². The summed E-state index contributed by atoms with van der Waals surface area (Å²) in [6.07, 6.45) is 0. The van der Waals surface area contributed by atoms with Gasteiger partial charge in [-0.05, 0) is 84.1 Å². The quantitative estimate of drug-likeness (QED) is 0.214. The molecule has 2 aromatic heterocycles. The van der Waals surface area contributed by atoms with Crippen LogP contribution in [0.2, 0.25) is 0 Å². The van der Waals surface area contributed by atoms with Crippen molar-refractivity contribution in [3.05, 3.63) is 139 Å². The van der Waals surface area contributed by atoms with Crippen molar-refractivity contribution in [2.24, 2.45) is 0 Å². The van der Waals surface area contributed by atoms with Crippen LogP contribution < -0.4 is 0 Å². The molecule has 8 aromatic rings. The highest BCUT2D eigenvalue weighted by Gasteiger charge is 2.14. The maximum atomic E-state index is 2.42. The predicted octanol–water partition coefficient (Wildman–Crippen LogP) is 11.1. The third kappa shape index (κ3) is 3.61. The van der Waals surface area contributed by atoms with Gasteiger partial charge >= 0.3 is 0 Å². The molecule has 6 aromatic carbocycles. The van der Waals surface area contributed by atoms with E-state index in [2.05, 4.69) is 146 Å².